The predicted octanol–water partition coefficient (Wildman–Crippen LogP) is 3.61. The van der Waals surface area contributed by atoms with Gasteiger partial charge in [-0.3, -0.25) is 0 Å². The summed E-state index contributed by atoms with van der Waals surface area (Å²) in [6.07, 6.45) is 6.29. The molecule has 1 N–H and O–H groups in total. The average molecular weight is 260 g/mol. The molecule has 19 heavy (non-hydrogen) atoms. The largest absolute Gasteiger partial charge is 0.370 e. The van der Waals surface area contributed by atoms with Crippen molar-refractivity contribution in [1.29, 1.82) is 0 Å². The van der Waals surface area contributed by atoms with E-state index in [9.17, 15) is 0 Å². The van der Waals surface area contributed by atoms with Crippen molar-refractivity contribution in [3.05, 3.63) is 29.8 Å². The van der Waals surface area contributed by atoms with Crippen LogP contribution in [0.5, 0.6) is 0 Å². The van der Waals surface area contributed by atoms with E-state index in [1.807, 2.05) is 0 Å². The van der Waals surface area contributed by atoms with Crippen molar-refractivity contribution in [2.75, 3.05) is 24.5 Å². The molecule has 1 unspecified atom stereocenters. The van der Waals surface area contributed by atoms with Crippen LogP contribution in [0.15, 0.2) is 24.3 Å². The Balaban J connectivity index is 1.85. The SMILES string of the molecule is CCCCc1ccc(N2CCC(NCCC)C2)cc1. The Hall–Kier alpha value is -1.02. The zero-order chi connectivity index (χ0) is 13.5. The van der Waals surface area contributed by atoms with E-state index in [1.54, 1.807) is 0 Å². The van der Waals surface area contributed by atoms with Crippen molar-refractivity contribution in [3.63, 3.8) is 0 Å². The van der Waals surface area contributed by atoms with Crippen LogP contribution in [-0.4, -0.2) is 25.7 Å². The summed E-state index contributed by atoms with van der Waals surface area (Å²) in [5.74, 6) is 0. The standard InChI is InChI=1S/C17H28N2/c1-3-5-6-15-7-9-17(10-8-15)19-13-11-16(14-19)18-12-4-2/h7-10,16,18H,3-6,11-14H2,1-2H3. The van der Waals surface area contributed by atoms with Gasteiger partial charge in [0.1, 0.15) is 0 Å². The van der Waals surface area contributed by atoms with Crippen molar-refractivity contribution in [2.24, 2.45) is 0 Å². The number of aryl methyl sites for hydroxylation is 1. The molecule has 2 heteroatoms. The lowest BCUT2D eigenvalue weighted by Crippen LogP contribution is -2.32. The highest BCUT2D eigenvalue weighted by Crippen LogP contribution is 2.21. The highest BCUT2D eigenvalue weighted by molar-refractivity contribution is 5.48. The van der Waals surface area contributed by atoms with Crippen LogP contribution in [0.3, 0.4) is 0 Å². The fourth-order valence-corrected chi connectivity index (χ4v) is 2.76. The number of nitrogens with zero attached hydrogens (tertiary/aromatic N) is 1. The molecule has 1 fully saturated rings. The summed E-state index contributed by atoms with van der Waals surface area (Å²) in [7, 11) is 0. The van der Waals surface area contributed by atoms with E-state index in [0.717, 1.165) is 13.1 Å². The van der Waals surface area contributed by atoms with Gasteiger partial charge in [-0.1, -0.05) is 32.4 Å². The maximum absolute atomic E-state index is 3.63. The number of nitrogens with one attached hydrogen (secondary N) is 1. The molecule has 0 saturated carbocycles. The van der Waals surface area contributed by atoms with Gasteiger partial charge >= 0.3 is 0 Å². The number of anilines is 1. The van der Waals surface area contributed by atoms with E-state index in [4.69, 9.17) is 0 Å². The predicted molar refractivity (Wildman–Crippen MR) is 84.0 cm³/mol. The van der Waals surface area contributed by atoms with E-state index < -0.39 is 0 Å². The zero-order valence-electron chi connectivity index (χ0n) is 12.5. The fourth-order valence-electron chi connectivity index (χ4n) is 2.76. The van der Waals surface area contributed by atoms with Crippen LogP contribution >= 0.6 is 0 Å². The van der Waals surface area contributed by atoms with Gasteiger partial charge in [-0.25, -0.2) is 0 Å². The zero-order valence-corrected chi connectivity index (χ0v) is 12.5. The maximum atomic E-state index is 3.63. The van der Waals surface area contributed by atoms with Crippen LogP contribution in [0.25, 0.3) is 0 Å². The highest BCUT2D eigenvalue weighted by atomic mass is 15.2. The van der Waals surface area contributed by atoms with E-state index in [1.165, 1.54) is 49.9 Å². The first kappa shape index (κ1) is 14.4. The van der Waals surface area contributed by atoms with Gasteiger partial charge in [0, 0.05) is 24.8 Å². The van der Waals surface area contributed by atoms with E-state index in [0.29, 0.717) is 6.04 Å². The molecule has 1 aromatic carbocycles. The maximum Gasteiger partial charge on any atom is 0.0366 e. The number of rotatable bonds is 7. The van der Waals surface area contributed by atoms with Gasteiger partial charge in [-0.2, -0.15) is 0 Å². The second kappa shape index (κ2) is 7.54. The Kier molecular flexibility index (Phi) is 5.71. The molecule has 0 spiro atoms. The summed E-state index contributed by atoms with van der Waals surface area (Å²) in [6.45, 7) is 7.98. The van der Waals surface area contributed by atoms with Gasteiger partial charge in [0.2, 0.25) is 0 Å². The molecule has 0 amide bonds. The van der Waals surface area contributed by atoms with Crippen molar-refractivity contribution >= 4 is 5.69 Å². The van der Waals surface area contributed by atoms with Crippen molar-refractivity contribution < 1.29 is 0 Å². The molecular weight excluding hydrogens is 232 g/mol. The summed E-state index contributed by atoms with van der Waals surface area (Å²) >= 11 is 0. The van der Waals surface area contributed by atoms with Crippen LogP contribution in [0.2, 0.25) is 0 Å². The summed E-state index contributed by atoms with van der Waals surface area (Å²) in [6, 6.07) is 9.88. The van der Waals surface area contributed by atoms with Crippen LogP contribution in [0.4, 0.5) is 5.69 Å². The summed E-state index contributed by atoms with van der Waals surface area (Å²) in [5.41, 5.74) is 2.87. The van der Waals surface area contributed by atoms with Gasteiger partial charge in [-0.15, -0.1) is 0 Å². The fraction of sp³-hybridized carbons (Fsp3) is 0.647. The van der Waals surface area contributed by atoms with Crippen LogP contribution < -0.4 is 10.2 Å². The number of unbranched alkanes of at least 4 members (excludes halogenated alkanes) is 1. The normalized spacial score (nSPS) is 19.1. The minimum absolute atomic E-state index is 0.680. The third-order valence-corrected chi connectivity index (χ3v) is 3.99. The Morgan fingerprint density at radius 1 is 1.16 bits per heavy atom. The molecule has 1 atom stereocenters. The average Bonchev–Trinajstić information content (AvgIpc) is 2.92. The Morgan fingerprint density at radius 3 is 2.63 bits per heavy atom. The van der Waals surface area contributed by atoms with Crippen LogP contribution in [0, 0.1) is 0 Å². The molecule has 1 saturated heterocycles. The van der Waals surface area contributed by atoms with Gasteiger partial charge in [0.15, 0.2) is 0 Å². The molecule has 1 heterocycles. The van der Waals surface area contributed by atoms with Crippen molar-refractivity contribution in [1.82, 2.24) is 5.32 Å². The second-order valence-corrected chi connectivity index (χ2v) is 5.66. The number of benzene rings is 1. The molecule has 0 radical (unpaired) electrons. The third kappa shape index (κ3) is 4.24. The van der Waals surface area contributed by atoms with Crippen LogP contribution in [-0.2, 0) is 6.42 Å². The summed E-state index contributed by atoms with van der Waals surface area (Å²) in [5, 5.41) is 3.63. The van der Waals surface area contributed by atoms with E-state index in [-0.39, 0.29) is 0 Å². The smallest absolute Gasteiger partial charge is 0.0366 e. The first-order valence-corrected chi connectivity index (χ1v) is 7.90. The molecule has 1 aromatic rings. The first-order valence-electron chi connectivity index (χ1n) is 7.90. The van der Waals surface area contributed by atoms with Gasteiger partial charge in [0.25, 0.3) is 0 Å². The van der Waals surface area contributed by atoms with Gasteiger partial charge in [0.05, 0.1) is 0 Å². The third-order valence-electron chi connectivity index (χ3n) is 3.99. The molecule has 2 rings (SSSR count). The molecule has 1 aliphatic rings. The lowest BCUT2D eigenvalue weighted by molar-refractivity contribution is 0.549. The Morgan fingerprint density at radius 2 is 1.95 bits per heavy atom. The minimum atomic E-state index is 0.680. The van der Waals surface area contributed by atoms with E-state index >= 15 is 0 Å². The van der Waals surface area contributed by atoms with E-state index in [2.05, 4.69) is 48.3 Å². The number of hydrogen-bond acceptors (Lipinski definition) is 2. The quantitative estimate of drug-likeness (QED) is 0.805. The molecule has 2 nitrogen and oxygen atoms in total. The lowest BCUT2D eigenvalue weighted by atomic mass is 10.1. The second-order valence-electron chi connectivity index (χ2n) is 5.66. The molecule has 0 aliphatic carbocycles. The molecule has 0 aromatic heterocycles. The molecule has 0 bridgehead atoms. The summed E-state index contributed by atoms with van der Waals surface area (Å²) < 4.78 is 0. The van der Waals surface area contributed by atoms with Crippen molar-refractivity contribution in [2.45, 2.75) is 52.0 Å². The number of hydrogen-bond donors (Lipinski definition) is 1. The molecule has 1 aliphatic heterocycles. The lowest BCUT2D eigenvalue weighted by Gasteiger charge is -2.19. The van der Waals surface area contributed by atoms with Crippen molar-refractivity contribution in [3.8, 4) is 0 Å². The highest BCUT2D eigenvalue weighted by Gasteiger charge is 2.21. The Bertz CT molecular complexity index is 358. The molecular formula is C17H28N2. The minimum Gasteiger partial charge on any atom is -0.370 e. The topological polar surface area (TPSA) is 15.3 Å². The first-order chi connectivity index (χ1) is 9.33. The summed E-state index contributed by atoms with van der Waals surface area (Å²) in [4.78, 5) is 2.51. The van der Waals surface area contributed by atoms with Gasteiger partial charge in [-0.05, 0) is 49.9 Å². The van der Waals surface area contributed by atoms with Crippen LogP contribution in [0.1, 0.15) is 45.1 Å². The monoisotopic (exact) mass is 260 g/mol. The van der Waals surface area contributed by atoms with Gasteiger partial charge < -0.3 is 10.2 Å². The molecule has 106 valence electrons. The Labute approximate surface area is 118 Å².